The van der Waals surface area contributed by atoms with E-state index >= 15 is 0 Å². The number of hydrogen-bond acceptors (Lipinski definition) is 2. The first kappa shape index (κ1) is 12.7. The normalized spacial score (nSPS) is 9.89. The Morgan fingerprint density at radius 1 is 1.11 bits per heavy atom. The lowest BCUT2D eigenvalue weighted by atomic mass is 10.2. The second-order valence-corrected chi connectivity index (χ2v) is 4.37. The molecule has 0 bridgehead atoms. The van der Waals surface area contributed by atoms with Crippen molar-refractivity contribution in [1.82, 2.24) is 0 Å². The van der Waals surface area contributed by atoms with Gasteiger partial charge in [0, 0.05) is 5.02 Å². The summed E-state index contributed by atoms with van der Waals surface area (Å²) in [4.78, 5) is 0. The Hall–Kier alpha value is -1.76. The molecule has 0 atom stereocenters. The van der Waals surface area contributed by atoms with Gasteiger partial charge in [0.1, 0.15) is 11.9 Å². The Morgan fingerprint density at radius 2 is 1.89 bits per heavy atom. The van der Waals surface area contributed by atoms with E-state index in [0.717, 1.165) is 0 Å². The van der Waals surface area contributed by atoms with Crippen molar-refractivity contribution in [2.75, 3.05) is 5.32 Å². The summed E-state index contributed by atoms with van der Waals surface area (Å²) in [6.45, 7) is 0. The lowest BCUT2D eigenvalue weighted by molar-refractivity contribution is 0.632. The zero-order valence-corrected chi connectivity index (χ0v) is 10.6. The highest BCUT2D eigenvalue weighted by molar-refractivity contribution is 6.32. The van der Waals surface area contributed by atoms with Crippen LogP contribution in [-0.4, -0.2) is 0 Å². The molecule has 0 aliphatic carbocycles. The SMILES string of the molecule is N#Cc1c(Cl)cccc1Nc1cc(Cl)ccc1F. The number of benzene rings is 2. The second-order valence-electron chi connectivity index (χ2n) is 3.52. The summed E-state index contributed by atoms with van der Waals surface area (Å²) in [6.07, 6.45) is 0. The van der Waals surface area contributed by atoms with Crippen LogP contribution in [0.25, 0.3) is 0 Å². The van der Waals surface area contributed by atoms with Crippen molar-refractivity contribution in [2.24, 2.45) is 0 Å². The first-order valence-corrected chi connectivity index (χ1v) is 5.78. The minimum absolute atomic E-state index is 0.196. The van der Waals surface area contributed by atoms with Crippen LogP contribution in [-0.2, 0) is 0 Å². The third-order valence-corrected chi connectivity index (χ3v) is 2.87. The van der Waals surface area contributed by atoms with Gasteiger partial charge in [-0.3, -0.25) is 0 Å². The molecule has 0 aliphatic rings. The molecular formula is C13H7Cl2FN2. The molecule has 0 aliphatic heterocycles. The van der Waals surface area contributed by atoms with Crippen LogP contribution in [0.2, 0.25) is 10.0 Å². The number of hydrogen-bond donors (Lipinski definition) is 1. The third kappa shape index (κ3) is 2.56. The largest absolute Gasteiger partial charge is 0.352 e. The quantitative estimate of drug-likeness (QED) is 0.862. The molecule has 18 heavy (non-hydrogen) atoms. The molecule has 2 aromatic carbocycles. The van der Waals surface area contributed by atoms with E-state index in [0.29, 0.717) is 15.7 Å². The molecule has 0 saturated heterocycles. The molecule has 0 heterocycles. The molecule has 2 aromatic rings. The number of anilines is 2. The molecule has 90 valence electrons. The highest BCUT2D eigenvalue weighted by atomic mass is 35.5. The number of nitriles is 1. The van der Waals surface area contributed by atoms with Crippen molar-refractivity contribution in [3.8, 4) is 6.07 Å². The predicted molar refractivity (Wildman–Crippen MR) is 70.9 cm³/mol. The van der Waals surface area contributed by atoms with Gasteiger partial charge in [-0.2, -0.15) is 5.26 Å². The summed E-state index contributed by atoms with van der Waals surface area (Å²) in [5.74, 6) is -0.455. The van der Waals surface area contributed by atoms with Crippen LogP contribution in [0.15, 0.2) is 36.4 Å². The van der Waals surface area contributed by atoms with Gasteiger partial charge in [-0.15, -0.1) is 0 Å². The molecule has 0 aromatic heterocycles. The van der Waals surface area contributed by atoms with E-state index in [9.17, 15) is 4.39 Å². The van der Waals surface area contributed by atoms with Gasteiger partial charge in [0.15, 0.2) is 0 Å². The summed E-state index contributed by atoms with van der Waals surface area (Å²) < 4.78 is 13.6. The topological polar surface area (TPSA) is 35.8 Å². The molecule has 2 rings (SSSR count). The Morgan fingerprint density at radius 3 is 2.61 bits per heavy atom. The van der Waals surface area contributed by atoms with Gasteiger partial charge in [-0.25, -0.2) is 4.39 Å². The van der Waals surface area contributed by atoms with Crippen LogP contribution < -0.4 is 5.32 Å². The lowest BCUT2D eigenvalue weighted by Gasteiger charge is -2.10. The average Bonchev–Trinajstić information content (AvgIpc) is 2.34. The fourth-order valence-electron chi connectivity index (χ4n) is 1.48. The number of nitrogens with zero attached hydrogens (tertiary/aromatic N) is 1. The van der Waals surface area contributed by atoms with Gasteiger partial charge in [0.05, 0.1) is 22.0 Å². The van der Waals surface area contributed by atoms with E-state index in [1.807, 2.05) is 6.07 Å². The van der Waals surface area contributed by atoms with Crippen molar-refractivity contribution >= 4 is 34.6 Å². The average molecular weight is 281 g/mol. The van der Waals surface area contributed by atoms with Crippen LogP contribution >= 0.6 is 23.2 Å². The zero-order valence-electron chi connectivity index (χ0n) is 9.05. The minimum Gasteiger partial charge on any atom is -0.352 e. The molecule has 5 heteroatoms. The molecule has 1 N–H and O–H groups in total. The van der Waals surface area contributed by atoms with Crippen molar-refractivity contribution in [3.05, 3.63) is 57.8 Å². The standard InChI is InChI=1S/C13H7Cl2FN2/c14-8-4-5-11(16)13(6-8)18-12-3-1-2-10(15)9(12)7-17/h1-6,18H. The Balaban J connectivity index is 2.44. The van der Waals surface area contributed by atoms with E-state index < -0.39 is 5.82 Å². The van der Waals surface area contributed by atoms with Gasteiger partial charge in [0.2, 0.25) is 0 Å². The zero-order chi connectivity index (χ0) is 13.1. The molecule has 0 unspecified atom stereocenters. The molecule has 0 radical (unpaired) electrons. The number of nitrogens with one attached hydrogen (secondary N) is 1. The van der Waals surface area contributed by atoms with E-state index in [1.54, 1.807) is 18.2 Å². The van der Waals surface area contributed by atoms with E-state index in [1.165, 1.54) is 18.2 Å². The van der Waals surface area contributed by atoms with Gasteiger partial charge < -0.3 is 5.32 Å². The third-order valence-electron chi connectivity index (χ3n) is 2.32. The van der Waals surface area contributed by atoms with Crippen LogP contribution in [0.3, 0.4) is 0 Å². The molecule has 0 saturated carbocycles. The minimum atomic E-state index is -0.455. The summed E-state index contributed by atoms with van der Waals surface area (Å²) in [5.41, 5.74) is 0.894. The first-order chi connectivity index (χ1) is 8.61. The predicted octanol–water partition coefficient (Wildman–Crippen LogP) is 4.75. The van der Waals surface area contributed by atoms with E-state index in [4.69, 9.17) is 28.5 Å². The number of halogens is 3. The summed E-state index contributed by atoms with van der Waals surface area (Å²) in [7, 11) is 0. The molecular weight excluding hydrogens is 274 g/mol. The molecule has 0 amide bonds. The van der Waals surface area contributed by atoms with Crippen LogP contribution in [0.5, 0.6) is 0 Å². The van der Waals surface area contributed by atoms with Crippen LogP contribution in [0.1, 0.15) is 5.56 Å². The lowest BCUT2D eigenvalue weighted by Crippen LogP contribution is -1.96. The summed E-state index contributed by atoms with van der Waals surface area (Å²) in [5, 5.41) is 12.5. The first-order valence-electron chi connectivity index (χ1n) is 5.02. The highest BCUT2D eigenvalue weighted by Gasteiger charge is 2.09. The van der Waals surface area contributed by atoms with E-state index in [2.05, 4.69) is 5.32 Å². The van der Waals surface area contributed by atoms with Crippen molar-refractivity contribution < 1.29 is 4.39 Å². The number of rotatable bonds is 2. The smallest absolute Gasteiger partial charge is 0.146 e. The van der Waals surface area contributed by atoms with E-state index in [-0.39, 0.29) is 11.3 Å². The Labute approximate surface area is 114 Å². The Bertz CT molecular complexity index is 635. The van der Waals surface area contributed by atoms with Gasteiger partial charge in [-0.1, -0.05) is 29.3 Å². The molecule has 0 fully saturated rings. The van der Waals surface area contributed by atoms with Crippen LogP contribution in [0, 0.1) is 17.1 Å². The fourth-order valence-corrected chi connectivity index (χ4v) is 1.87. The Kier molecular flexibility index (Phi) is 3.71. The van der Waals surface area contributed by atoms with Gasteiger partial charge >= 0.3 is 0 Å². The van der Waals surface area contributed by atoms with Gasteiger partial charge in [0.25, 0.3) is 0 Å². The fraction of sp³-hybridized carbons (Fsp3) is 0. The van der Waals surface area contributed by atoms with Crippen molar-refractivity contribution in [3.63, 3.8) is 0 Å². The van der Waals surface area contributed by atoms with Crippen molar-refractivity contribution in [2.45, 2.75) is 0 Å². The maximum atomic E-state index is 13.6. The molecule has 2 nitrogen and oxygen atoms in total. The maximum Gasteiger partial charge on any atom is 0.146 e. The van der Waals surface area contributed by atoms with Gasteiger partial charge in [-0.05, 0) is 30.3 Å². The van der Waals surface area contributed by atoms with Crippen LogP contribution in [0.4, 0.5) is 15.8 Å². The highest BCUT2D eigenvalue weighted by Crippen LogP contribution is 2.28. The molecule has 0 spiro atoms. The monoisotopic (exact) mass is 280 g/mol. The van der Waals surface area contributed by atoms with Crippen molar-refractivity contribution in [1.29, 1.82) is 5.26 Å². The maximum absolute atomic E-state index is 13.6. The summed E-state index contributed by atoms with van der Waals surface area (Å²) in [6, 6.07) is 11.0. The second kappa shape index (κ2) is 5.26. The summed E-state index contributed by atoms with van der Waals surface area (Å²) >= 11 is 11.7.